The van der Waals surface area contributed by atoms with E-state index in [9.17, 15) is 0 Å². The van der Waals surface area contributed by atoms with E-state index in [0.29, 0.717) is 0 Å². The van der Waals surface area contributed by atoms with Crippen molar-refractivity contribution >= 4 is 51.4 Å². The molecule has 0 aromatic carbocycles. The van der Waals surface area contributed by atoms with Crippen LogP contribution in [0.4, 0.5) is 0 Å². The molecule has 0 bridgehead atoms. The maximum Gasteiger partial charge on any atom is 0.248 e. The van der Waals surface area contributed by atoms with Crippen LogP contribution in [0.1, 0.15) is 83.5 Å². The van der Waals surface area contributed by atoms with Crippen LogP contribution >= 0.6 is 44.7 Å². The minimum absolute atomic E-state index is 1.06. The van der Waals surface area contributed by atoms with Crippen LogP contribution in [0, 0.1) is 0 Å². The van der Waals surface area contributed by atoms with Gasteiger partial charge >= 0.3 is 0 Å². The summed E-state index contributed by atoms with van der Waals surface area (Å²) in [5.41, 5.74) is 0. The van der Waals surface area contributed by atoms with Crippen molar-refractivity contribution in [2.45, 2.75) is 96.1 Å². The molecule has 0 atom stereocenters. The van der Waals surface area contributed by atoms with Gasteiger partial charge in [0.1, 0.15) is 0 Å². The summed E-state index contributed by atoms with van der Waals surface area (Å²) >= 11 is 14.7. The van der Waals surface area contributed by atoms with Crippen LogP contribution in [0.5, 0.6) is 0 Å². The topological polar surface area (TPSA) is 0 Å². The SMILES string of the molecule is C[Si](Cl)(Cl)CCCCCCCCCCCCCCCI. The monoisotopic (exact) mass is 450 g/mol. The lowest BCUT2D eigenvalue weighted by Crippen LogP contribution is -2.11. The molecular weight excluding hydrogens is 418 g/mol. The maximum atomic E-state index is 6.09. The first-order chi connectivity index (χ1) is 9.56. The van der Waals surface area contributed by atoms with E-state index in [-0.39, 0.29) is 0 Å². The highest BCUT2D eigenvalue weighted by atomic mass is 127. The smallest absolute Gasteiger partial charge is 0.146 e. The molecule has 0 aromatic heterocycles. The van der Waals surface area contributed by atoms with Crippen molar-refractivity contribution in [1.29, 1.82) is 0 Å². The second kappa shape index (κ2) is 15.4. The quantitative estimate of drug-likeness (QED) is 0.0777. The van der Waals surface area contributed by atoms with Crippen molar-refractivity contribution in [3.63, 3.8) is 0 Å². The zero-order valence-corrected chi connectivity index (χ0v) is 17.9. The number of alkyl halides is 1. The first-order valence-corrected chi connectivity index (χ1v) is 14.8. The molecule has 0 aromatic rings. The highest BCUT2D eigenvalue weighted by Gasteiger charge is 2.19. The molecule has 20 heavy (non-hydrogen) atoms. The fourth-order valence-electron chi connectivity index (χ4n) is 2.47. The van der Waals surface area contributed by atoms with E-state index in [0.717, 1.165) is 6.04 Å². The summed E-state index contributed by atoms with van der Waals surface area (Å²) < 4.78 is 1.33. The maximum absolute atomic E-state index is 6.09. The van der Waals surface area contributed by atoms with Crippen molar-refractivity contribution in [2.24, 2.45) is 0 Å². The number of rotatable bonds is 15. The first kappa shape index (κ1) is 21.5. The standard InChI is InChI=1S/C16H33Cl2ISi/c1-20(17,18)16-14-12-10-8-6-4-2-3-5-7-9-11-13-15-19/h2-16H2,1H3. The van der Waals surface area contributed by atoms with E-state index in [1.165, 1.54) is 87.9 Å². The van der Waals surface area contributed by atoms with Crippen molar-refractivity contribution < 1.29 is 0 Å². The van der Waals surface area contributed by atoms with Crippen LogP contribution < -0.4 is 0 Å². The van der Waals surface area contributed by atoms with Gasteiger partial charge in [-0.15, -0.1) is 22.2 Å². The lowest BCUT2D eigenvalue weighted by Gasteiger charge is -2.09. The van der Waals surface area contributed by atoms with Gasteiger partial charge in [-0.2, -0.15) is 0 Å². The van der Waals surface area contributed by atoms with Gasteiger partial charge in [0.25, 0.3) is 0 Å². The second-order valence-corrected chi connectivity index (χ2v) is 15.4. The molecule has 0 aliphatic rings. The molecule has 0 saturated heterocycles. The van der Waals surface area contributed by atoms with Crippen molar-refractivity contribution in [3.8, 4) is 0 Å². The Kier molecular flexibility index (Phi) is 16.6. The summed E-state index contributed by atoms with van der Waals surface area (Å²) in [6.07, 6.45) is 18.3. The minimum atomic E-state index is -1.82. The van der Waals surface area contributed by atoms with Gasteiger partial charge in [-0.1, -0.05) is 99.6 Å². The van der Waals surface area contributed by atoms with Crippen molar-refractivity contribution in [1.82, 2.24) is 0 Å². The van der Waals surface area contributed by atoms with Gasteiger partial charge in [-0.05, 0) is 23.4 Å². The largest absolute Gasteiger partial charge is 0.248 e. The molecule has 0 aliphatic heterocycles. The van der Waals surface area contributed by atoms with E-state index in [4.69, 9.17) is 22.2 Å². The molecule has 122 valence electrons. The van der Waals surface area contributed by atoms with Gasteiger partial charge in [0.05, 0.1) is 0 Å². The number of hydrogen-bond acceptors (Lipinski definition) is 0. The third-order valence-corrected chi connectivity index (χ3v) is 6.88. The highest BCUT2D eigenvalue weighted by Crippen LogP contribution is 2.23. The van der Waals surface area contributed by atoms with Crippen LogP contribution in [-0.4, -0.2) is 11.1 Å². The van der Waals surface area contributed by atoms with E-state index in [2.05, 4.69) is 22.6 Å². The molecule has 4 heteroatoms. The third kappa shape index (κ3) is 19.5. The fraction of sp³-hybridized carbons (Fsp3) is 1.00. The summed E-state index contributed by atoms with van der Waals surface area (Å²) in [7, 11) is 0. The van der Waals surface area contributed by atoms with Gasteiger partial charge in [-0.3, -0.25) is 0 Å². The third-order valence-electron chi connectivity index (χ3n) is 3.75. The average molecular weight is 451 g/mol. The molecule has 0 radical (unpaired) electrons. The van der Waals surface area contributed by atoms with E-state index in [1.54, 1.807) is 0 Å². The summed E-state index contributed by atoms with van der Waals surface area (Å²) in [6.45, 7) is 0.210. The zero-order chi connectivity index (χ0) is 15.1. The van der Waals surface area contributed by atoms with Gasteiger partial charge in [-0.25, -0.2) is 0 Å². The van der Waals surface area contributed by atoms with Crippen LogP contribution in [0.2, 0.25) is 12.6 Å². The summed E-state index contributed by atoms with van der Waals surface area (Å²) in [4.78, 5) is 0. The molecule has 0 aliphatic carbocycles. The number of halogens is 3. The van der Waals surface area contributed by atoms with Gasteiger partial charge in [0, 0.05) is 0 Å². The van der Waals surface area contributed by atoms with Crippen molar-refractivity contribution in [2.75, 3.05) is 4.43 Å². The van der Waals surface area contributed by atoms with Crippen LogP contribution in [0.3, 0.4) is 0 Å². The summed E-state index contributed by atoms with van der Waals surface area (Å²) in [6, 6.07) is 1.06. The Morgan fingerprint density at radius 3 is 1.20 bits per heavy atom. The molecular formula is C16H33Cl2ISi. The summed E-state index contributed by atoms with van der Waals surface area (Å²) in [5.74, 6) is 0. The van der Waals surface area contributed by atoms with Crippen LogP contribution in [0.15, 0.2) is 0 Å². The van der Waals surface area contributed by atoms with E-state index in [1.807, 2.05) is 6.55 Å². The number of hydrogen-bond donors (Lipinski definition) is 0. The lowest BCUT2D eigenvalue weighted by atomic mass is 10.1. The lowest BCUT2D eigenvalue weighted by molar-refractivity contribution is 0.543. The molecule has 0 N–H and O–H groups in total. The van der Waals surface area contributed by atoms with Gasteiger partial charge < -0.3 is 0 Å². The van der Waals surface area contributed by atoms with E-state index < -0.39 is 6.69 Å². The van der Waals surface area contributed by atoms with Gasteiger partial charge in [0.2, 0.25) is 6.69 Å². The Labute approximate surface area is 151 Å². The molecule has 0 amide bonds. The molecule has 0 heterocycles. The van der Waals surface area contributed by atoms with Crippen LogP contribution in [0.25, 0.3) is 0 Å². The predicted molar refractivity (Wildman–Crippen MR) is 107 cm³/mol. The normalized spacial score (nSPS) is 12.0. The molecule has 0 spiro atoms. The zero-order valence-electron chi connectivity index (χ0n) is 13.2. The van der Waals surface area contributed by atoms with E-state index >= 15 is 0 Å². The highest BCUT2D eigenvalue weighted by molar-refractivity contribution is 14.1. The Bertz CT molecular complexity index is 195. The Morgan fingerprint density at radius 1 is 0.600 bits per heavy atom. The Balaban J connectivity index is 2.99. The molecule has 0 nitrogen and oxygen atoms in total. The first-order valence-electron chi connectivity index (χ1n) is 8.50. The van der Waals surface area contributed by atoms with Crippen molar-refractivity contribution in [3.05, 3.63) is 0 Å². The second-order valence-electron chi connectivity index (χ2n) is 6.11. The minimum Gasteiger partial charge on any atom is -0.146 e. The molecule has 0 fully saturated rings. The molecule has 0 saturated carbocycles. The summed E-state index contributed by atoms with van der Waals surface area (Å²) in [5, 5.41) is 0. The average Bonchev–Trinajstić information content (AvgIpc) is 2.38. The van der Waals surface area contributed by atoms with Gasteiger partial charge in [0.15, 0.2) is 0 Å². The van der Waals surface area contributed by atoms with Crippen LogP contribution in [-0.2, 0) is 0 Å². The fourth-order valence-corrected chi connectivity index (χ4v) is 4.69. The Hall–Kier alpha value is 1.53. The predicted octanol–water partition coefficient (Wildman–Crippen LogP) is 8.04. The number of unbranched alkanes of at least 4 members (excludes halogenated alkanes) is 12. The molecule has 0 unspecified atom stereocenters. The molecule has 0 rings (SSSR count). The Morgan fingerprint density at radius 2 is 0.900 bits per heavy atom.